The van der Waals surface area contributed by atoms with Gasteiger partial charge in [-0.2, -0.15) is 0 Å². The molecule has 0 nitrogen and oxygen atoms in total. The Morgan fingerprint density at radius 1 is 0.850 bits per heavy atom. The third-order valence-corrected chi connectivity index (χ3v) is 4.69. The van der Waals surface area contributed by atoms with Gasteiger partial charge in [0.15, 0.2) is 0 Å². The maximum absolute atomic E-state index is 2.50. The van der Waals surface area contributed by atoms with Gasteiger partial charge in [-0.25, -0.2) is 0 Å². The zero-order chi connectivity index (χ0) is 13.6. The van der Waals surface area contributed by atoms with Gasteiger partial charge >= 0.3 is 0 Å². The van der Waals surface area contributed by atoms with Crippen LogP contribution in [-0.2, 0) is 0 Å². The van der Waals surface area contributed by atoms with Gasteiger partial charge in [-0.1, -0.05) is 79.7 Å². The van der Waals surface area contributed by atoms with Gasteiger partial charge in [0.1, 0.15) is 0 Å². The minimum absolute atomic E-state index is 0.206. The fourth-order valence-corrected chi connectivity index (χ4v) is 3.78. The van der Waals surface area contributed by atoms with Crippen LogP contribution in [0.1, 0.15) is 24.5 Å². The van der Waals surface area contributed by atoms with Crippen molar-refractivity contribution in [2.24, 2.45) is 11.3 Å². The second-order valence-corrected chi connectivity index (χ2v) is 6.14. The summed E-state index contributed by atoms with van der Waals surface area (Å²) in [5.74, 6) is 0.581. The molecule has 98 valence electrons. The number of benzene rings is 2. The molecule has 0 unspecified atom stereocenters. The fraction of sp³-hybridized carbons (Fsp3) is 0.200. The summed E-state index contributed by atoms with van der Waals surface area (Å²) in [6, 6.07) is 21.6. The molecule has 0 saturated carbocycles. The van der Waals surface area contributed by atoms with E-state index in [0.717, 1.165) is 0 Å². The molecule has 0 heterocycles. The van der Waals surface area contributed by atoms with E-state index in [0.29, 0.717) is 5.92 Å². The molecular weight excluding hydrogens is 240 g/mol. The zero-order valence-corrected chi connectivity index (χ0v) is 11.7. The molecule has 0 heteroatoms. The second-order valence-electron chi connectivity index (χ2n) is 6.14. The molecule has 0 saturated heterocycles. The molecule has 0 amide bonds. The van der Waals surface area contributed by atoms with Gasteiger partial charge in [-0.05, 0) is 28.7 Å². The highest BCUT2D eigenvalue weighted by Crippen LogP contribution is 2.57. The molecule has 2 atom stereocenters. The van der Waals surface area contributed by atoms with Crippen LogP contribution in [0, 0.1) is 11.3 Å². The van der Waals surface area contributed by atoms with E-state index in [1.54, 1.807) is 0 Å². The summed E-state index contributed by atoms with van der Waals surface area (Å²) in [5, 5.41) is 0. The molecule has 0 aliphatic heterocycles. The standard InChI is InChI=1S/C20H18/c1-20-13-17(12-19(20)16-10-6-3-7-11-16)18(14-20)15-8-4-2-5-9-15/h2-12,14,17H,13H2,1H3/t17-,20+/m1/s1. The van der Waals surface area contributed by atoms with Crippen molar-refractivity contribution in [2.75, 3.05) is 0 Å². The molecular formula is C20H18. The van der Waals surface area contributed by atoms with Gasteiger partial charge in [-0.3, -0.25) is 0 Å². The van der Waals surface area contributed by atoms with Crippen molar-refractivity contribution in [3.8, 4) is 0 Å². The lowest BCUT2D eigenvalue weighted by atomic mass is 9.80. The van der Waals surface area contributed by atoms with Crippen LogP contribution in [0.5, 0.6) is 0 Å². The molecule has 0 radical (unpaired) electrons. The molecule has 0 aromatic heterocycles. The van der Waals surface area contributed by atoms with Gasteiger partial charge in [0.05, 0.1) is 0 Å². The van der Waals surface area contributed by atoms with Crippen molar-refractivity contribution in [1.29, 1.82) is 0 Å². The first-order valence-electron chi connectivity index (χ1n) is 7.32. The Kier molecular flexibility index (Phi) is 2.47. The third kappa shape index (κ3) is 1.68. The van der Waals surface area contributed by atoms with Gasteiger partial charge in [0.2, 0.25) is 0 Å². The lowest BCUT2D eigenvalue weighted by Crippen LogP contribution is -2.09. The van der Waals surface area contributed by atoms with Crippen LogP contribution in [0.3, 0.4) is 0 Å². The Morgan fingerprint density at radius 2 is 1.45 bits per heavy atom. The summed E-state index contributed by atoms with van der Waals surface area (Å²) < 4.78 is 0. The van der Waals surface area contributed by atoms with Crippen molar-refractivity contribution in [3.63, 3.8) is 0 Å². The first-order valence-corrected chi connectivity index (χ1v) is 7.32. The Labute approximate surface area is 120 Å². The summed E-state index contributed by atoms with van der Waals surface area (Å²) in [6.07, 6.45) is 6.20. The van der Waals surface area contributed by atoms with Crippen LogP contribution in [0.4, 0.5) is 0 Å². The van der Waals surface area contributed by atoms with Crippen molar-refractivity contribution in [2.45, 2.75) is 13.3 Å². The minimum atomic E-state index is 0.206. The summed E-state index contributed by atoms with van der Waals surface area (Å²) in [5.41, 5.74) is 5.97. The number of rotatable bonds is 2. The number of hydrogen-bond acceptors (Lipinski definition) is 0. The first kappa shape index (κ1) is 11.7. The molecule has 2 aromatic carbocycles. The van der Waals surface area contributed by atoms with Crippen LogP contribution in [0.2, 0.25) is 0 Å². The van der Waals surface area contributed by atoms with Gasteiger partial charge < -0.3 is 0 Å². The minimum Gasteiger partial charge on any atom is -0.0723 e. The Bertz CT molecular complexity index is 691. The van der Waals surface area contributed by atoms with Crippen LogP contribution >= 0.6 is 0 Å². The topological polar surface area (TPSA) is 0 Å². The quantitative estimate of drug-likeness (QED) is 0.695. The van der Waals surface area contributed by atoms with Gasteiger partial charge in [0.25, 0.3) is 0 Å². The smallest absolute Gasteiger partial charge is 0.0122 e. The zero-order valence-electron chi connectivity index (χ0n) is 11.7. The van der Waals surface area contributed by atoms with Crippen LogP contribution < -0.4 is 0 Å². The molecule has 2 aliphatic rings. The highest BCUT2D eigenvalue weighted by atomic mass is 14.5. The average molecular weight is 258 g/mol. The monoisotopic (exact) mass is 258 g/mol. The predicted octanol–water partition coefficient (Wildman–Crippen LogP) is 5.19. The number of allylic oxidation sites excluding steroid dienone is 4. The molecule has 2 aromatic rings. The van der Waals surface area contributed by atoms with E-state index in [1.807, 2.05) is 0 Å². The van der Waals surface area contributed by atoms with Crippen molar-refractivity contribution in [3.05, 3.63) is 83.9 Å². The molecule has 2 bridgehead atoms. The lowest BCUT2D eigenvalue weighted by molar-refractivity contribution is 0.552. The van der Waals surface area contributed by atoms with E-state index < -0.39 is 0 Å². The van der Waals surface area contributed by atoms with E-state index in [2.05, 4.69) is 79.7 Å². The molecule has 2 aliphatic carbocycles. The normalized spacial score (nSPS) is 27.4. The molecule has 4 rings (SSSR count). The summed E-state index contributed by atoms with van der Waals surface area (Å²) >= 11 is 0. The van der Waals surface area contributed by atoms with Crippen LogP contribution in [0.15, 0.2) is 72.8 Å². The summed E-state index contributed by atoms with van der Waals surface area (Å²) in [4.78, 5) is 0. The maximum atomic E-state index is 2.50. The predicted molar refractivity (Wildman–Crippen MR) is 85.1 cm³/mol. The molecule has 0 fully saturated rings. The van der Waals surface area contributed by atoms with Crippen LogP contribution in [0.25, 0.3) is 11.1 Å². The SMILES string of the molecule is C[C@]12C=C(c3ccccc3)[C@H](C=C1c1ccccc1)C2. The largest absolute Gasteiger partial charge is 0.0723 e. The van der Waals surface area contributed by atoms with Crippen molar-refractivity contribution >= 4 is 11.1 Å². The van der Waals surface area contributed by atoms with E-state index in [-0.39, 0.29) is 5.41 Å². The van der Waals surface area contributed by atoms with Crippen molar-refractivity contribution < 1.29 is 0 Å². The highest BCUT2D eigenvalue weighted by Gasteiger charge is 2.43. The van der Waals surface area contributed by atoms with Crippen LogP contribution in [-0.4, -0.2) is 0 Å². The highest BCUT2D eigenvalue weighted by molar-refractivity contribution is 5.86. The maximum Gasteiger partial charge on any atom is 0.0122 e. The average Bonchev–Trinajstić information content (AvgIpc) is 3.02. The third-order valence-electron chi connectivity index (χ3n) is 4.69. The lowest BCUT2D eigenvalue weighted by Gasteiger charge is -2.23. The van der Waals surface area contributed by atoms with E-state index >= 15 is 0 Å². The van der Waals surface area contributed by atoms with E-state index in [9.17, 15) is 0 Å². The summed E-state index contributed by atoms with van der Waals surface area (Å²) in [6.45, 7) is 2.38. The van der Waals surface area contributed by atoms with Gasteiger partial charge in [-0.15, -0.1) is 0 Å². The van der Waals surface area contributed by atoms with Gasteiger partial charge in [0, 0.05) is 11.3 Å². The molecule has 0 N–H and O–H groups in total. The summed E-state index contributed by atoms with van der Waals surface area (Å²) in [7, 11) is 0. The fourth-order valence-electron chi connectivity index (χ4n) is 3.78. The number of fused-ring (bicyclic) bond motifs is 2. The second kappa shape index (κ2) is 4.21. The Morgan fingerprint density at radius 3 is 2.00 bits per heavy atom. The number of hydrogen-bond donors (Lipinski definition) is 0. The van der Waals surface area contributed by atoms with E-state index in [4.69, 9.17) is 0 Å². The van der Waals surface area contributed by atoms with Crippen molar-refractivity contribution in [1.82, 2.24) is 0 Å². The van der Waals surface area contributed by atoms with E-state index in [1.165, 1.54) is 28.7 Å². The molecule has 20 heavy (non-hydrogen) atoms. The Hall–Kier alpha value is -2.08. The Balaban J connectivity index is 1.74. The molecule has 0 spiro atoms. The first-order chi connectivity index (χ1) is 9.76.